The van der Waals surface area contributed by atoms with Gasteiger partial charge in [-0.05, 0) is 61.4 Å². The van der Waals surface area contributed by atoms with Crippen LogP contribution >= 0.6 is 0 Å². The van der Waals surface area contributed by atoms with Crippen molar-refractivity contribution in [1.29, 1.82) is 5.26 Å². The minimum Gasteiger partial charge on any atom is -0.457 e. The van der Waals surface area contributed by atoms with Crippen LogP contribution < -0.4 is 10.2 Å². The number of nitrogens with zero attached hydrogens (tertiary/aromatic N) is 2. The summed E-state index contributed by atoms with van der Waals surface area (Å²) >= 11 is 0. The molecule has 1 amide bonds. The number of methoxy groups -OCH3 is 1. The molecular formula is C29H35N3O5. The van der Waals surface area contributed by atoms with Gasteiger partial charge in [0, 0.05) is 57.1 Å². The van der Waals surface area contributed by atoms with Gasteiger partial charge in [-0.25, -0.2) is 0 Å². The third-order valence-corrected chi connectivity index (χ3v) is 6.34. The van der Waals surface area contributed by atoms with Crippen LogP contribution in [0.15, 0.2) is 58.5 Å². The van der Waals surface area contributed by atoms with Crippen LogP contribution in [0.25, 0.3) is 28.2 Å². The number of aliphatic hydroxyl groups is 2. The van der Waals surface area contributed by atoms with Gasteiger partial charge in [0.1, 0.15) is 23.2 Å². The van der Waals surface area contributed by atoms with Crippen LogP contribution in [0, 0.1) is 11.3 Å². The maximum Gasteiger partial charge on any atom is 0.262 e. The van der Waals surface area contributed by atoms with Gasteiger partial charge >= 0.3 is 0 Å². The van der Waals surface area contributed by atoms with E-state index < -0.39 is 18.1 Å². The molecule has 0 fully saturated rings. The Morgan fingerprint density at radius 3 is 2.57 bits per heavy atom. The van der Waals surface area contributed by atoms with Crippen molar-refractivity contribution in [3.63, 3.8) is 0 Å². The van der Waals surface area contributed by atoms with Gasteiger partial charge in [0.25, 0.3) is 5.91 Å². The molecule has 2 unspecified atom stereocenters. The number of anilines is 1. The summed E-state index contributed by atoms with van der Waals surface area (Å²) < 4.78 is 11.2. The van der Waals surface area contributed by atoms with E-state index in [0.29, 0.717) is 11.5 Å². The zero-order chi connectivity index (χ0) is 26.8. The van der Waals surface area contributed by atoms with E-state index in [9.17, 15) is 15.2 Å². The van der Waals surface area contributed by atoms with Gasteiger partial charge < -0.3 is 29.6 Å². The Morgan fingerprint density at radius 2 is 1.89 bits per heavy atom. The molecule has 0 aliphatic heterocycles. The molecule has 196 valence electrons. The molecule has 8 heteroatoms. The number of furan rings is 1. The zero-order valence-electron chi connectivity index (χ0n) is 21.6. The number of nitriles is 1. The number of carbonyl (C=O) groups excluding carboxylic acids is 1. The maximum absolute atomic E-state index is 12.5. The summed E-state index contributed by atoms with van der Waals surface area (Å²) in [5.74, 6) is 0.463. The Balaban J connectivity index is 1.71. The summed E-state index contributed by atoms with van der Waals surface area (Å²) in [5, 5.41) is 33.2. The van der Waals surface area contributed by atoms with Gasteiger partial charge in [-0.2, -0.15) is 5.26 Å². The number of benzene rings is 2. The molecule has 0 bridgehead atoms. The fraction of sp³-hybridized carbons (Fsp3) is 0.379. The van der Waals surface area contributed by atoms with Gasteiger partial charge in [-0.1, -0.05) is 18.2 Å². The summed E-state index contributed by atoms with van der Waals surface area (Å²) in [6, 6.07) is 18.0. The number of carbonyl (C=O) groups is 1. The number of ether oxygens (including phenoxy) is 1. The van der Waals surface area contributed by atoms with Crippen molar-refractivity contribution in [3.05, 3.63) is 59.9 Å². The molecule has 0 radical (unpaired) electrons. The van der Waals surface area contributed by atoms with E-state index in [2.05, 4.69) is 54.4 Å². The number of amides is 1. The van der Waals surface area contributed by atoms with Crippen molar-refractivity contribution >= 4 is 28.4 Å². The summed E-state index contributed by atoms with van der Waals surface area (Å²) in [6.45, 7) is 6.17. The number of nitrogens with one attached hydrogen (secondary N) is 1. The summed E-state index contributed by atoms with van der Waals surface area (Å²) in [4.78, 5) is 14.9. The molecule has 0 aliphatic rings. The van der Waals surface area contributed by atoms with E-state index in [1.807, 2.05) is 18.2 Å². The summed E-state index contributed by atoms with van der Waals surface area (Å²) in [6.07, 6.45) is 0.702. The molecule has 0 aliphatic carbocycles. The van der Waals surface area contributed by atoms with Crippen LogP contribution in [0.1, 0.15) is 32.4 Å². The van der Waals surface area contributed by atoms with Crippen molar-refractivity contribution in [2.45, 2.75) is 38.9 Å². The second-order valence-electron chi connectivity index (χ2n) is 8.76. The molecule has 37 heavy (non-hydrogen) atoms. The Morgan fingerprint density at radius 1 is 1.16 bits per heavy atom. The van der Waals surface area contributed by atoms with E-state index in [1.165, 1.54) is 18.9 Å². The fourth-order valence-electron chi connectivity index (χ4n) is 4.18. The van der Waals surface area contributed by atoms with Gasteiger partial charge in [0.15, 0.2) is 0 Å². The lowest BCUT2D eigenvalue weighted by Crippen LogP contribution is -2.35. The topological polar surface area (TPSA) is 119 Å². The number of hydrogen-bond acceptors (Lipinski definition) is 7. The van der Waals surface area contributed by atoms with Crippen LogP contribution in [0.4, 0.5) is 5.69 Å². The van der Waals surface area contributed by atoms with E-state index in [-0.39, 0.29) is 31.6 Å². The minimum atomic E-state index is -0.737. The Labute approximate surface area is 217 Å². The highest BCUT2D eigenvalue weighted by Gasteiger charge is 2.17. The van der Waals surface area contributed by atoms with Crippen molar-refractivity contribution < 1.29 is 24.2 Å². The molecule has 1 aromatic heterocycles. The standard InChI is InChI=1S/C29H35N3O5/c1-4-32(5-2)24-9-8-20-14-22(7-6-21(20)15-24)28-11-10-26(37-28)16-23(18-30)29(35)31-19-27(36-3)17-25(34)12-13-33/h6-11,14-16,25,27,33-34H,4-5,12-13,17,19H2,1-3H3,(H,31,35)/b23-16+. The molecule has 8 nitrogen and oxygen atoms in total. The molecule has 0 saturated heterocycles. The van der Waals surface area contributed by atoms with Crippen LogP contribution in [-0.4, -0.2) is 61.7 Å². The number of aliphatic hydroxyl groups excluding tert-OH is 2. The number of fused-ring (bicyclic) bond motifs is 1. The fourth-order valence-corrected chi connectivity index (χ4v) is 4.18. The molecule has 0 saturated carbocycles. The van der Waals surface area contributed by atoms with E-state index >= 15 is 0 Å². The second-order valence-corrected chi connectivity index (χ2v) is 8.76. The second kappa shape index (κ2) is 13.6. The average Bonchev–Trinajstić information content (AvgIpc) is 3.38. The average molecular weight is 506 g/mol. The highest BCUT2D eigenvalue weighted by molar-refractivity contribution is 6.01. The van der Waals surface area contributed by atoms with Crippen LogP contribution in [-0.2, 0) is 9.53 Å². The van der Waals surface area contributed by atoms with Gasteiger partial charge in [-0.15, -0.1) is 0 Å². The van der Waals surface area contributed by atoms with Crippen LogP contribution in [0.5, 0.6) is 0 Å². The molecule has 2 aromatic carbocycles. The highest BCUT2D eigenvalue weighted by Crippen LogP contribution is 2.29. The van der Waals surface area contributed by atoms with Gasteiger partial charge in [0.05, 0.1) is 12.2 Å². The third-order valence-electron chi connectivity index (χ3n) is 6.34. The van der Waals surface area contributed by atoms with Crippen molar-refractivity contribution in [2.24, 2.45) is 0 Å². The Kier molecular flexibility index (Phi) is 10.3. The van der Waals surface area contributed by atoms with Crippen LogP contribution in [0.2, 0.25) is 0 Å². The van der Waals surface area contributed by atoms with Gasteiger partial charge in [0.2, 0.25) is 0 Å². The third kappa shape index (κ3) is 7.43. The predicted molar refractivity (Wildman–Crippen MR) is 145 cm³/mol. The van der Waals surface area contributed by atoms with E-state index in [4.69, 9.17) is 14.3 Å². The molecule has 3 N–H and O–H groups in total. The SMILES string of the molecule is CCN(CC)c1ccc2cc(-c3ccc(/C=C(\C#N)C(=O)NCC(CC(O)CCO)OC)o3)ccc2c1. The Bertz CT molecular complexity index is 1260. The van der Waals surface area contributed by atoms with E-state index in [1.54, 1.807) is 6.07 Å². The van der Waals surface area contributed by atoms with Gasteiger partial charge in [-0.3, -0.25) is 4.79 Å². The monoisotopic (exact) mass is 505 g/mol. The lowest BCUT2D eigenvalue weighted by atomic mass is 10.0. The molecular weight excluding hydrogens is 470 g/mol. The number of rotatable bonds is 13. The molecule has 1 heterocycles. The first-order valence-corrected chi connectivity index (χ1v) is 12.5. The van der Waals surface area contributed by atoms with E-state index in [0.717, 1.165) is 29.4 Å². The minimum absolute atomic E-state index is 0.103. The van der Waals surface area contributed by atoms with Crippen molar-refractivity contribution in [3.8, 4) is 17.4 Å². The maximum atomic E-state index is 12.5. The Hall–Kier alpha value is -3.64. The largest absolute Gasteiger partial charge is 0.457 e. The summed E-state index contributed by atoms with van der Waals surface area (Å²) in [7, 11) is 1.48. The smallest absolute Gasteiger partial charge is 0.262 e. The quantitative estimate of drug-likeness (QED) is 0.236. The van der Waals surface area contributed by atoms with Crippen molar-refractivity contribution in [2.75, 3.05) is 38.3 Å². The summed E-state index contributed by atoms with van der Waals surface area (Å²) in [5.41, 5.74) is 1.99. The van der Waals surface area contributed by atoms with Crippen molar-refractivity contribution in [1.82, 2.24) is 5.32 Å². The molecule has 3 aromatic rings. The first kappa shape index (κ1) is 27.9. The first-order chi connectivity index (χ1) is 17.9. The molecule has 3 rings (SSSR count). The zero-order valence-corrected chi connectivity index (χ0v) is 21.6. The first-order valence-electron chi connectivity index (χ1n) is 12.5. The van der Waals surface area contributed by atoms with Crippen LogP contribution in [0.3, 0.4) is 0 Å². The molecule has 2 atom stereocenters. The number of hydrogen-bond donors (Lipinski definition) is 3. The lowest BCUT2D eigenvalue weighted by Gasteiger charge is -2.21. The predicted octanol–water partition coefficient (Wildman–Crippen LogP) is 4.12. The highest BCUT2D eigenvalue weighted by atomic mass is 16.5. The molecule has 0 spiro atoms. The lowest BCUT2D eigenvalue weighted by molar-refractivity contribution is -0.117. The normalized spacial score (nSPS) is 13.2.